The first-order valence-electron chi connectivity index (χ1n) is 6.00. The predicted octanol–water partition coefficient (Wildman–Crippen LogP) is 3.08. The molecule has 0 aliphatic rings. The molecule has 3 aromatic rings. The van der Waals surface area contributed by atoms with Gasteiger partial charge in [0, 0.05) is 30.4 Å². The Kier molecular flexibility index (Phi) is 2.75. The van der Waals surface area contributed by atoms with E-state index in [9.17, 15) is 9.18 Å². The van der Waals surface area contributed by atoms with Crippen LogP contribution in [0.4, 0.5) is 4.39 Å². The van der Waals surface area contributed by atoms with Gasteiger partial charge in [0.1, 0.15) is 5.82 Å². The lowest BCUT2D eigenvalue weighted by atomic mass is 10.1. The van der Waals surface area contributed by atoms with E-state index >= 15 is 0 Å². The molecule has 0 aliphatic carbocycles. The molecule has 3 rings (SSSR count). The first-order valence-corrected chi connectivity index (χ1v) is 6.00. The molecule has 2 heterocycles. The van der Waals surface area contributed by atoms with Crippen molar-refractivity contribution in [2.75, 3.05) is 0 Å². The molecule has 0 bridgehead atoms. The Balaban J connectivity index is 2.24. The summed E-state index contributed by atoms with van der Waals surface area (Å²) in [6, 6.07) is 7.46. The number of aryl methyl sites for hydroxylation is 1. The van der Waals surface area contributed by atoms with E-state index in [1.165, 1.54) is 30.5 Å². The third kappa shape index (κ3) is 1.93. The summed E-state index contributed by atoms with van der Waals surface area (Å²) in [4.78, 5) is 15.2. The molecular weight excluding hydrogens is 259 g/mol. The Morgan fingerprint density at radius 2 is 2.10 bits per heavy atom. The van der Waals surface area contributed by atoms with Crippen LogP contribution in [0.25, 0.3) is 22.2 Å². The molecule has 0 saturated carbocycles. The fourth-order valence-electron chi connectivity index (χ4n) is 2.27. The topological polar surface area (TPSA) is 55.1 Å². The zero-order chi connectivity index (χ0) is 14.3. The van der Waals surface area contributed by atoms with Crippen LogP contribution < -0.4 is 0 Å². The number of carboxylic acid groups (broad SMARTS) is 1. The molecule has 2 aromatic heterocycles. The summed E-state index contributed by atoms with van der Waals surface area (Å²) >= 11 is 0. The zero-order valence-electron chi connectivity index (χ0n) is 10.7. The van der Waals surface area contributed by atoms with Gasteiger partial charge in [0.25, 0.3) is 0 Å². The molecule has 0 spiro atoms. The number of benzene rings is 1. The molecule has 100 valence electrons. The van der Waals surface area contributed by atoms with Crippen LogP contribution in [0.2, 0.25) is 0 Å². The van der Waals surface area contributed by atoms with Gasteiger partial charge in [-0.25, -0.2) is 9.18 Å². The number of halogens is 1. The van der Waals surface area contributed by atoms with Gasteiger partial charge in [0.05, 0.1) is 16.8 Å². The quantitative estimate of drug-likeness (QED) is 0.778. The number of hydrogen-bond donors (Lipinski definition) is 1. The summed E-state index contributed by atoms with van der Waals surface area (Å²) in [5.41, 5.74) is 2.25. The van der Waals surface area contributed by atoms with Gasteiger partial charge in [-0.05, 0) is 30.3 Å². The number of aromatic carboxylic acids is 1. The highest BCUT2D eigenvalue weighted by molar-refractivity contribution is 5.96. The van der Waals surface area contributed by atoms with E-state index in [1.54, 1.807) is 10.6 Å². The molecule has 4 nitrogen and oxygen atoms in total. The second-order valence-electron chi connectivity index (χ2n) is 4.55. The number of aromatic nitrogens is 2. The lowest BCUT2D eigenvalue weighted by molar-refractivity contribution is 0.0697. The van der Waals surface area contributed by atoms with E-state index in [1.807, 2.05) is 13.2 Å². The van der Waals surface area contributed by atoms with Gasteiger partial charge in [-0.3, -0.25) is 4.98 Å². The lowest BCUT2D eigenvalue weighted by Gasteiger charge is -2.00. The average molecular weight is 270 g/mol. The van der Waals surface area contributed by atoms with Gasteiger partial charge in [0.15, 0.2) is 0 Å². The van der Waals surface area contributed by atoms with E-state index in [0.717, 1.165) is 16.5 Å². The molecule has 0 unspecified atom stereocenters. The van der Waals surface area contributed by atoms with Crippen LogP contribution in [-0.2, 0) is 7.05 Å². The average Bonchev–Trinajstić information content (AvgIpc) is 2.76. The van der Waals surface area contributed by atoms with Crippen molar-refractivity contribution >= 4 is 16.9 Å². The van der Waals surface area contributed by atoms with Crippen molar-refractivity contribution in [2.45, 2.75) is 0 Å². The fraction of sp³-hybridized carbons (Fsp3) is 0.0667. The van der Waals surface area contributed by atoms with Gasteiger partial charge in [0.2, 0.25) is 0 Å². The summed E-state index contributed by atoms with van der Waals surface area (Å²) in [6.07, 6.45) is 3.28. The van der Waals surface area contributed by atoms with E-state index in [0.29, 0.717) is 5.69 Å². The highest BCUT2D eigenvalue weighted by atomic mass is 19.1. The highest BCUT2D eigenvalue weighted by Gasteiger charge is 2.12. The number of carbonyl (C=O) groups is 1. The Hall–Kier alpha value is -2.69. The standard InChI is InChI=1S/C15H11FN2O2/c1-18-8-12(11-3-2-10(16)7-14(11)18)13-6-9(15(19)20)4-5-17-13/h2-8H,1H3,(H,19,20). The van der Waals surface area contributed by atoms with Crippen molar-refractivity contribution in [3.63, 3.8) is 0 Å². The number of hydrogen-bond acceptors (Lipinski definition) is 2. The molecule has 0 radical (unpaired) electrons. The number of carboxylic acids is 1. The minimum atomic E-state index is -1.00. The summed E-state index contributed by atoms with van der Waals surface area (Å²) < 4.78 is 15.1. The molecule has 20 heavy (non-hydrogen) atoms. The smallest absolute Gasteiger partial charge is 0.335 e. The summed E-state index contributed by atoms with van der Waals surface area (Å²) in [5.74, 6) is -1.31. The zero-order valence-corrected chi connectivity index (χ0v) is 10.7. The number of fused-ring (bicyclic) bond motifs is 1. The molecule has 1 aromatic carbocycles. The molecule has 0 amide bonds. The fourth-order valence-corrected chi connectivity index (χ4v) is 2.27. The minimum Gasteiger partial charge on any atom is -0.478 e. The Morgan fingerprint density at radius 3 is 2.85 bits per heavy atom. The number of pyridine rings is 1. The third-order valence-electron chi connectivity index (χ3n) is 3.24. The lowest BCUT2D eigenvalue weighted by Crippen LogP contribution is -1.97. The maximum atomic E-state index is 13.3. The molecular formula is C15H11FN2O2. The van der Waals surface area contributed by atoms with E-state index in [-0.39, 0.29) is 11.4 Å². The highest BCUT2D eigenvalue weighted by Crippen LogP contribution is 2.29. The molecule has 0 fully saturated rings. The van der Waals surface area contributed by atoms with Crippen molar-refractivity contribution in [1.29, 1.82) is 0 Å². The predicted molar refractivity (Wildman–Crippen MR) is 73.1 cm³/mol. The summed E-state index contributed by atoms with van der Waals surface area (Å²) in [7, 11) is 1.81. The van der Waals surface area contributed by atoms with Crippen LogP contribution in [0.1, 0.15) is 10.4 Å². The number of rotatable bonds is 2. The molecule has 0 atom stereocenters. The summed E-state index contributed by atoms with van der Waals surface area (Å²) in [5, 5.41) is 9.87. The van der Waals surface area contributed by atoms with Gasteiger partial charge in [-0.2, -0.15) is 0 Å². The third-order valence-corrected chi connectivity index (χ3v) is 3.24. The minimum absolute atomic E-state index is 0.175. The van der Waals surface area contributed by atoms with Crippen molar-refractivity contribution < 1.29 is 14.3 Å². The van der Waals surface area contributed by atoms with Crippen LogP contribution in [0, 0.1) is 5.82 Å². The second kappa shape index (κ2) is 4.45. The summed E-state index contributed by atoms with van der Waals surface area (Å²) in [6.45, 7) is 0. The van der Waals surface area contributed by atoms with Gasteiger partial charge in [-0.15, -0.1) is 0 Å². The Labute approximate surface area is 114 Å². The molecule has 0 saturated heterocycles. The van der Waals surface area contributed by atoms with Crippen molar-refractivity contribution in [3.05, 3.63) is 54.1 Å². The van der Waals surface area contributed by atoms with Crippen LogP contribution in [0.3, 0.4) is 0 Å². The second-order valence-corrected chi connectivity index (χ2v) is 4.55. The van der Waals surface area contributed by atoms with E-state index in [4.69, 9.17) is 5.11 Å². The molecule has 5 heteroatoms. The molecule has 0 aliphatic heterocycles. The van der Waals surface area contributed by atoms with Crippen LogP contribution in [-0.4, -0.2) is 20.6 Å². The first-order chi connectivity index (χ1) is 9.56. The maximum absolute atomic E-state index is 13.3. The molecule has 1 N–H and O–H groups in total. The van der Waals surface area contributed by atoms with Gasteiger partial charge >= 0.3 is 5.97 Å². The van der Waals surface area contributed by atoms with E-state index < -0.39 is 5.97 Å². The number of nitrogens with zero attached hydrogens (tertiary/aromatic N) is 2. The first kappa shape index (κ1) is 12.3. The van der Waals surface area contributed by atoms with Gasteiger partial charge < -0.3 is 9.67 Å². The monoisotopic (exact) mass is 270 g/mol. The van der Waals surface area contributed by atoms with Gasteiger partial charge in [-0.1, -0.05) is 0 Å². The van der Waals surface area contributed by atoms with Crippen molar-refractivity contribution in [3.8, 4) is 11.3 Å². The van der Waals surface area contributed by atoms with E-state index in [2.05, 4.69) is 4.98 Å². The SMILES string of the molecule is Cn1cc(-c2cc(C(=O)O)ccn2)c2ccc(F)cc21. The Morgan fingerprint density at radius 1 is 1.30 bits per heavy atom. The van der Waals surface area contributed by atoms with Crippen molar-refractivity contribution in [2.24, 2.45) is 7.05 Å². The van der Waals surface area contributed by atoms with Crippen molar-refractivity contribution in [1.82, 2.24) is 9.55 Å². The van der Waals surface area contributed by atoms with Crippen LogP contribution in [0.5, 0.6) is 0 Å². The van der Waals surface area contributed by atoms with Crippen LogP contribution >= 0.6 is 0 Å². The normalized spacial score (nSPS) is 10.9. The maximum Gasteiger partial charge on any atom is 0.335 e. The largest absolute Gasteiger partial charge is 0.478 e. The van der Waals surface area contributed by atoms with Crippen LogP contribution in [0.15, 0.2) is 42.7 Å². The Bertz CT molecular complexity index is 824.